The summed E-state index contributed by atoms with van der Waals surface area (Å²) >= 11 is 0. The van der Waals surface area contributed by atoms with Crippen LogP contribution >= 0.6 is 0 Å². The highest BCUT2D eigenvalue weighted by Gasteiger charge is 2.48. The van der Waals surface area contributed by atoms with Crippen molar-refractivity contribution in [3.8, 4) is 0 Å². The number of hydrogen-bond donors (Lipinski definition) is 1. The van der Waals surface area contributed by atoms with Gasteiger partial charge in [-0.05, 0) is 32.2 Å². The molecule has 1 N–H and O–H groups in total. The standard InChI is InChI=1S/C10H18N2/c1-4-10(6-11-5-1)7-12(8-10)9-2-3-9/h9,11H,1-8H2. The Bertz CT molecular complexity index is 172. The van der Waals surface area contributed by atoms with E-state index in [-0.39, 0.29) is 0 Å². The molecule has 2 nitrogen and oxygen atoms in total. The van der Waals surface area contributed by atoms with Crippen LogP contribution in [0.3, 0.4) is 0 Å². The van der Waals surface area contributed by atoms with Gasteiger partial charge >= 0.3 is 0 Å². The van der Waals surface area contributed by atoms with Crippen molar-refractivity contribution in [3.63, 3.8) is 0 Å². The Labute approximate surface area is 74.3 Å². The smallest absolute Gasteiger partial charge is 0.00969 e. The lowest BCUT2D eigenvalue weighted by Gasteiger charge is -2.53. The van der Waals surface area contributed by atoms with E-state index in [9.17, 15) is 0 Å². The van der Waals surface area contributed by atoms with E-state index in [1.54, 1.807) is 0 Å². The summed E-state index contributed by atoms with van der Waals surface area (Å²) in [5.41, 5.74) is 0.709. The maximum atomic E-state index is 3.53. The first-order valence-corrected chi connectivity index (χ1v) is 5.33. The van der Waals surface area contributed by atoms with Gasteiger partial charge in [-0.1, -0.05) is 0 Å². The molecule has 3 aliphatic rings. The molecule has 3 rings (SSSR count). The van der Waals surface area contributed by atoms with Crippen LogP contribution < -0.4 is 5.32 Å². The molecule has 2 heteroatoms. The topological polar surface area (TPSA) is 15.3 Å². The van der Waals surface area contributed by atoms with E-state index < -0.39 is 0 Å². The normalized spacial score (nSPS) is 35.0. The van der Waals surface area contributed by atoms with E-state index in [4.69, 9.17) is 0 Å². The Morgan fingerprint density at radius 1 is 1.25 bits per heavy atom. The highest BCUT2D eigenvalue weighted by molar-refractivity contribution is 5.03. The van der Waals surface area contributed by atoms with Crippen LogP contribution in [0.15, 0.2) is 0 Å². The maximum Gasteiger partial charge on any atom is 0.00969 e. The van der Waals surface area contributed by atoms with E-state index >= 15 is 0 Å². The van der Waals surface area contributed by atoms with Crippen LogP contribution in [0.25, 0.3) is 0 Å². The first kappa shape index (κ1) is 7.34. The molecular weight excluding hydrogens is 148 g/mol. The van der Waals surface area contributed by atoms with E-state index in [1.165, 1.54) is 51.9 Å². The van der Waals surface area contributed by atoms with Crippen LogP contribution in [0, 0.1) is 5.41 Å². The van der Waals surface area contributed by atoms with Crippen LogP contribution in [-0.4, -0.2) is 37.1 Å². The molecule has 2 aliphatic heterocycles. The minimum absolute atomic E-state index is 0.709. The minimum Gasteiger partial charge on any atom is -0.316 e. The SMILES string of the molecule is C1CNCC2(C1)CN(C1CC1)C2. The third kappa shape index (κ3) is 1.09. The summed E-state index contributed by atoms with van der Waals surface area (Å²) in [5, 5.41) is 3.53. The molecule has 0 atom stereocenters. The average Bonchev–Trinajstić information content (AvgIpc) is 2.84. The van der Waals surface area contributed by atoms with Gasteiger partial charge in [-0.3, -0.25) is 4.90 Å². The average molecular weight is 166 g/mol. The van der Waals surface area contributed by atoms with Gasteiger partial charge in [-0.25, -0.2) is 0 Å². The fraction of sp³-hybridized carbons (Fsp3) is 1.00. The monoisotopic (exact) mass is 166 g/mol. The van der Waals surface area contributed by atoms with Gasteiger partial charge in [0.15, 0.2) is 0 Å². The summed E-state index contributed by atoms with van der Waals surface area (Å²) < 4.78 is 0. The molecule has 0 unspecified atom stereocenters. The van der Waals surface area contributed by atoms with Gasteiger partial charge in [-0.2, -0.15) is 0 Å². The Hall–Kier alpha value is -0.0800. The summed E-state index contributed by atoms with van der Waals surface area (Å²) in [7, 11) is 0. The molecule has 1 saturated carbocycles. The Morgan fingerprint density at radius 3 is 2.67 bits per heavy atom. The third-order valence-corrected chi connectivity index (χ3v) is 3.70. The zero-order valence-electron chi connectivity index (χ0n) is 7.68. The van der Waals surface area contributed by atoms with Gasteiger partial charge in [0, 0.05) is 31.1 Å². The van der Waals surface area contributed by atoms with Crippen LogP contribution in [0.2, 0.25) is 0 Å². The van der Waals surface area contributed by atoms with Crippen LogP contribution in [0.1, 0.15) is 25.7 Å². The lowest BCUT2D eigenvalue weighted by molar-refractivity contribution is -0.0231. The quantitative estimate of drug-likeness (QED) is 0.621. The molecule has 0 aromatic heterocycles. The molecule has 0 radical (unpaired) electrons. The van der Waals surface area contributed by atoms with Gasteiger partial charge < -0.3 is 5.32 Å². The second-order valence-electron chi connectivity index (χ2n) is 4.92. The van der Waals surface area contributed by atoms with Crippen LogP contribution in [0.4, 0.5) is 0 Å². The molecule has 12 heavy (non-hydrogen) atoms. The van der Waals surface area contributed by atoms with Crippen molar-refractivity contribution in [1.29, 1.82) is 0 Å². The molecule has 2 saturated heterocycles. The van der Waals surface area contributed by atoms with Gasteiger partial charge in [0.05, 0.1) is 0 Å². The number of rotatable bonds is 1. The van der Waals surface area contributed by atoms with E-state index in [0.717, 1.165) is 6.04 Å². The number of piperidine rings is 1. The molecule has 0 bridgehead atoms. The van der Waals surface area contributed by atoms with Crippen molar-refractivity contribution in [1.82, 2.24) is 10.2 Å². The molecule has 1 aliphatic carbocycles. The first-order chi connectivity index (χ1) is 5.88. The largest absolute Gasteiger partial charge is 0.316 e. The predicted octanol–water partition coefficient (Wildman–Crippen LogP) is 0.834. The summed E-state index contributed by atoms with van der Waals surface area (Å²) in [4.78, 5) is 2.69. The summed E-state index contributed by atoms with van der Waals surface area (Å²) in [6.45, 7) is 5.33. The zero-order chi connectivity index (χ0) is 8.02. The number of nitrogens with zero attached hydrogens (tertiary/aromatic N) is 1. The molecule has 0 amide bonds. The van der Waals surface area contributed by atoms with E-state index in [0.29, 0.717) is 5.41 Å². The van der Waals surface area contributed by atoms with Crippen LogP contribution in [-0.2, 0) is 0 Å². The molecule has 1 spiro atoms. The Morgan fingerprint density at radius 2 is 2.08 bits per heavy atom. The first-order valence-electron chi connectivity index (χ1n) is 5.33. The Kier molecular flexibility index (Phi) is 1.50. The summed E-state index contributed by atoms with van der Waals surface area (Å²) in [5.74, 6) is 0. The summed E-state index contributed by atoms with van der Waals surface area (Å²) in [6, 6.07) is 0.998. The van der Waals surface area contributed by atoms with E-state index in [2.05, 4.69) is 10.2 Å². The molecule has 0 aromatic rings. The van der Waals surface area contributed by atoms with Gasteiger partial charge in [-0.15, -0.1) is 0 Å². The lowest BCUT2D eigenvalue weighted by atomic mass is 9.74. The van der Waals surface area contributed by atoms with Crippen molar-refractivity contribution < 1.29 is 0 Å². The predicted molar refractivity (Wildman–Crippen MR) is 49.1 cm³/mol. The Balaban J connectivity index is 1.57. The fourth-order valence-corrected chi connectivity index (χ4v) is 2.81. The minimum atomic E-state index is 0.709. The lowest BCUT2D eigenvalue weighted by Crippen LogP contribution is -2.62. The zero-order valence-corrected chi connectivity index (χ0v) is 7.68. The molecule has 2 heterocycles. The highest BCUT2D eigenvalue weighted by atomic mass is 15.3. The van der Waals surface area contributed by atoms with Gasteiger partial charge in [0.2, 0.25) is 0 Å². The van der Waals surface area contributed by atoms with Crippen molar-refractivity contribution in [3.05, 3.63) is 0 Å². The number of hydrogen-bond acceptors (Lipinski definition) is 2. The fourth-order valence-electron chi connectivity index (χ4n) is 2.81. The number of likely N-dealkylation sites (tertiary alicyclic amines) is 1. The maximum absolute atomic E-state index is 3.53. The third-order valence-electron chi connectivity index (χ3n) is 3.70. The second kappa shape index (κ2) is 2.46. The molecule has 3 fully saturated rings. The van der Waals surface area contributed by atoms with Crippen molar-refractivity contribution in [2.45, 2.75) is 31.7 Å². The van der Waals surface area contributed by atoms with Crippen molar-refractivity contribution in [2.75, 3.05) is 26.2 Å². The molecule has 68 valence electrons. The van der Waals surface area contributed by atoms with Crippen LogP contribution in [0.5, 0.6) is 0 Å². The summed E-state index contributed by atoms with van der Waals surface area (Å²) in [6.07, 6.45) is 5.83. The van der Waals surface area contributed by atoms with Crippen molar-refractivity contribution >= 4 is 0 Å². The van der Waals surface area contributed by atoms with Gasteiger partial charge in [0.1, 0.15) is 0 Å². The molecule has 0 aromatic carbocycles. The van der Waals surface area contributed by atoms with E-state index in [1.807, 2.05) is 0 Å². The second-order valence-corrected chi connectivity index (χ2v) is 4.92. The molecular formula is C10H18N2. The number of nitrogens with one attached hydrogen (secondary N) is 1. The van der Waals surface area contributed by atoms with Crippen molar-refractivity contribution in [2.24, 2.45) is 5.41 Å². The van der Waals surface area contributed by atoms with Gasteiger partial charge in [0.25, 0.3) is 0 Å². The highest BCUT2D eigenvalue weighted by Crippen LogP contribution is 2.42.